The molecule has 0 aromatic carbocycles. The van der Waals surface area contributed by atoms with Crippen molar-refractivity contribution in [3.8, 4) is 5.88 Å². The number of pyridine rings is 1. The molecule has 0 N–H and O–H groups in total. The Bertz CT molecular complexity index is 1120. The number of ether oxygens (including phenoxy) is 2. The van der Waals surface area contributed by atoms with Crippen LogP contribution in [0.4, 0.5) is 24.9 Å². The Morgan fingerprint density at radius 3 is 2.76 bits per heavy atom. The lowest BCUT2D eigenvalue weighted by Crippen LogP contribution is -2.54. The fourth-order valence-corrected chi connectivity index (χ4v) is 4.72. The number of methoxy groups -OCH3 is 1. The molecule has 176 valence electrons. The van der Waals surface area contributed by atoms with E-state index >= 15 is 0 Å². The van der Waals surface area contributed by atoms with Crippen molar-refractivity contribution in [3.05, 3.63) is 40.3 Å². The SMILES string of the molecule is COc1ccc(C(=O)CN2c3nc(N4C[C@@H]5CC4CO5)cc(=O)n3CC[C@H]2C(F)(F)F)cn1. The second-order valence-electron chi connectivity index (χ2n) is 8.39. The summed E-state index contributed by atoms with van der Waals surface area (Å²) in [6.45, 7) is 0.293. The van der Waals surface area contributed by atoms with Gasteiger partial charge in [-0.15, -0.1) is 0 Å². The minimum Gasteiger partial charge on any atom is -0.481 e. The molecule has 0 amide bonds. The predicted octanol–water partition coefficient (Wildman–Crippen LogP) is 1.65. The molecule has 3 atom stereocenters. The lowest BCUT2D eigenvalue weighted by molar-refractivity contribution is -0.152. The van der Waals surface area contributed by atoms with E-state index in [2.05, 4.69) is 9.97 Å². The van der Waals surface area contributed by atoms with E-state index in [0.717, 1.165) is 11.3 Å². The van der Waals surface area contributed by atoms with Crippen LogP contribution in [0.1, 0.15) is 23.2 Å². The van der Waals surface area contributed by atoms with Crippen molar-refractivity contribution in [3.63, 3.8) is 0 Å². The van der Waals surface area contributed by atoms with Crippen LogP contribution in [0.3, 0.4) is 0 Å². The molecule has 2 fully saturated rings. The molecule has 2 aromatic heterocycles. The Balaban J connectivity index is 1.51. The van der Waals surface area contributed by atoms with Gasteiger partial charge in [0.05, 0.1) is 32.4 Å². The van der Waals surface area contributed by atoms with E-state index in [1.54, 1.807) is 0 Å². The molecule has 0 aliphatic carbocycles. The minimum atomic E-state index is -4.60. The lowest BCUT2D eigenvalue weighted by Gasteiger charge is -2.39. The van der Waals surface area contributed by atoms with Gasteiger partial charge in [0.2, 0.25) is 11.8 Å². The van der Waals surface area contributed by atoms with Crippen molar-refractivity contribution in [2.24, 2.45) is 0 Å². The van der Waals surface area contributed by atoms with Crippen molar-refractivity contribution in [1.29, 1.82) is 0 Å². The molecule has 0 radical (unpaired) electrons. The molecule has 3 aliphatic rings. The highest BCUT2D eigenvalue weighted by Gasteiger charge is 2.48. The van der Waals surface area contributed by atoms with Crippen LogP contribution in [-0.2, 0) is 11.3 Å². The van der Waals surface area contributed by atoms with Crippen LogP contribution in [0.15, 0.2) is 29.2 Å². The molecule has 12 heteroatoms. The van der Waals surface area contributed by atoms with Gasteiger partial charge in [0.1, 0.15) is 11.9 Å². The third-order valence-electron chi connectivity index (χ3n) is 6.39. The number of fused-ring (bicyclic) bond motifs is 3. The van der Waals surface area contributed by atoms with Crippen molar-refractivity contribution in [1.82, 2.24) is 14.5 Å². The number of halogens is 3. The summed E-state index contributed by atoms with van der Waals surface area (Å²) >= 11 is 0. The van der Waals surface area contributed by atoms with Crippen LogP contribution in [0, 0.1) is 0 Å². The maximum absolute atomic E-state index is 13.9. The number of hydrogen-bond donors (Lipinski definition) is 0. The van der Waals surface area contributed by atoms with Gasteiger partial charge in [0.15, 0.2) is 5.78 Å². The molecule has 5 heterocycles. The van der Waals surface area contributed by atoms with Crippen LogP contribution in [0.2, 0.25) is 0 Å². The summed E-state index contributed by atoms with van der Waals surface area (Å²) in [6.07, 6.45) is -2.88. The highest BCUT2D eigenvalue weighted by Crippen LogP contribution is 2.36. The highest BCUT2D eigenvalue weighted by molar-refractivity contribution is 5.99. The summed E-state index contributed by atoms with van der Waals surface area (Å²) in [7, 11) is 1.42. The Hall–Kier alpha value is -3.15. The maximum Gasteiger partial charge on any atom is 0.408 e. The Morgan fingerprint density at radius 1 is 1.33 bits per heavy atom. The number of morpholine rings is 1. The van der Waals surface area contributed by atoms with Gasteiger partial charge in [0.25, 0.3) is 5.56 Å². The second-order valence-corrected chi connectivity index (χ2v) is 8.39. The lowest BCUT2D eigenvalue weighted by atomic mass is 10.1. The third-order valence-corrected chi connectivity index (χ3v) is 6.39. The summed E-state index contributed by atoms with van der Waals surface area (Å²) in [6, 6.07) is 2.36. The van der Waals surface area contributed by atoms with Crippen molar-refractivity contribution >= 4 is 17.5 Å². The van der Waals surface area contributed by atoms with E-state index in [9.17, 15) is 22.8 Å². The van der Waals surface area contributed by atoms with Gasteiger partial charge < -0.3 is 19.3 Å². The number of rotatable bonds is 5. The zero-order valence-electron chi connectivity index (χ0n) is 17.8. The zero-order valence-corrected chi connectivity index (χ0v) is 17.8. The van der Waals surface area contributed by atoms with Gasteiger partial charge in [-0.25, -0.2) is 4.98 Å². The molecule has 1 unspecified atom stereocenters. The number of aromatic nitrogens is 3. The molecular weight excluding hydrogens is 443 g/mol. The zero-order chi connectivity index (χ0) is 23.3. The molecule has 2 aromatic rings. The summed E-state index contributed by atoms with van der Waals surface area (Å²) in [4.78, 5) is 36.9. The summed E-state index contributed by atoms with van der Waals surface area (Å²) in [5, 5.41) is 0. The molecule has 0 saturated carbocycles. The van der Waals surface area contributed by atoms with E-state index in [1.165, 1.54) is 36.1 Å². The number of nitrogens with zero attached hydrogens (tertiary/aromatic N) is 5. The van der Waals surface area contributed by atoms with E-state index in [4.69, 9.17) is 9.47 Å². The van der Waals surface area contributed by atoms with Crippen LogP contribution in [0.25, 0.3) is 0 Å². The summed E-state index contributed by atoms with van der Waals surface area (Å²) < 4.78 is 53.6. The second kappa shape index (κ2) is 8.01. The first-order valence-corrected chi connectivity index (χ1v) is 10.6. The first kappa shape index (κ1) is 21.7. The molecule has 9 nitrogen and oxygen atoms in total. The van der Waals surface area contributed by atoms with Gasteiger partial charge in [0, 0.05) is 37.0 Å². The highest BCUT2D eigenvalue weighted by atomic mass is 19.4. The minimum absolute atomic E-state index is 0.0266. The number of alkyl halides is 3. The monoisotopic (exact) mass is 465 g/mol. The summed E-state index contributed by atoms with van der Waals surface area (Å²) in [5.41, 5.74) is -0.302. The quantitative estimate of drug-likeness (QED) is 0.616. The normalized spacial score (nSPS) is 24.2. The number of hydrogen-bond acceptors (Lipinski definition) is 8. The average molecular weight is 465 g/mol. The number of ketones is 1. The Morgan fingerprint density at radius 2 is 2.15 bits per heavy atom. The topological polar surface area (TPSA) is 89.8 Å². The van der Waals surface area contributed by atoms with Crippen LogP contribution in [-0.4, -0.2) is 71.5 Å². The van der Waals surface area contributed by atoms with Crippen molar-refractivity contribution in [2.75, 3.05) is 36.6 Å². The van der Waals surface area contributed by atoms with Gasteiger partial charge >= 0.3 is 6.18 Å². The van der Waals surface area contributed by atoms with Crippen molar-refractivity contribution in [2.45, 2.75) is 43.8 Å². The fraction of sp³-hybridized carbons (Fsp3) is 0.524. The Labute approximate surface area is 186 Å². The smallest absolute Gasteiger partial charge is 0.408 e. The third kappa shape index (κ3) is 3.92. The average Bonchev–Trinajstić information content (AvgIpc) is 3.42. The first-order valence-electron chi connectivity index (χ1n) is 10.6. The molecule has 5 rings (SSSR count). The van der Waals surface area contributed by atoms with Crippen LogP contribution < -0.4 is 20.1 Å². The fourth-order valence-electron chi connectivity index (χ4n) is 4.72. The number of Topliss-reactive ketones (excluding diaryl/α,β-unsaturated/α-hetero) is 1. The maximum atomic E-state index is 13.9. The number of carbonyl (C=O) groups excluding carboxylic acids is 1. The Kier molecular flexibility index (Phi) is 5.26. The summed E-state index contributed by atoms with van der Waals surface area (Å²) in [5.74, 6) is -0.121. The van der Waals surface area contributed by atoms with Gasteiger partial charge in [-0.05, 0) is 18.9 Å². The van der Waals surface area contributed by atoms with E-state index in [1.807, 2.05) is 4.90 Å². The van der Waals surface area contributed by atoms with Crippen LogP contribution in [0.5, 0.6) is 5.88 Å². The molecule has 2 bridgehead atoms. The molecule has 0 spiro atoms. The van der Waals surface area contributed by atoms with Gasteiger partial charge in [-0.1, -0.05) is 0 Å². The van der Waals surface area contributed by atoms with E-state index in [0.29, 0.717) is 19.0 Å². The van der Waals surface area contributed by atoms with E-state index < -0.39 is 30.1 Å². The molecule has 2 saturated heterocycles. The first-order chi connectivity index (χ1) is 15.7. The van der Waals surface area contributed by atoms with Crippen molar-refractivity contribution < 1.29 is 27.4 Å². The number of carbonyl (C=O) groups is 1. The number of anilines is 2. The van der Waals surface area contributed by atoms with E-state index in [-0.39, 0.29) is 42.5 Å². The van der Waals surface area contributed by atoms with Crippen LogP contribution >= 0.6 is 0 Å². The largest absolute Gasteiger partial charge is 0.481 e. The predicted molar refractivity (Wildman–Crippen MR) is 111 cm³/mol. The van der Waals surface area contributed by atoms with Gasteiger partial charge in [-0.3, -0.25) is 14.2 Å². The molecule has 33 heavy (non-hydrogen) atoms. The molecular formula is C21H22F3N5O4. The standard InChI is InChI=1S/C21H22F3N5O4/c1-32-18-3-2-12(8-25-18)15(30)10-29-16(21(22,23)24)4-5-27-19(31)7-17(26-20(27)29)28-9-14-6-13(28)11-33-14/h2-3,7-8,13-14,16H,4-6,9-11H2,1H3/t13?,14-,16-/m0/s1. The molecule has 3 aliphatic heterocycles. The van der Waals surface area contributed by atoms with Gasteiger partial charge in [-0.2, -0.15) is 18.2 Å².